The van der Waals surface area contributed by atoms with Crippen LogP contribution in [0.3, 0.4) is 0 Å². The van der Waals surface area contributed by atoms with Crippen LogP contribution in [0.2, 0.25) is 0 Å². The summed E-state index contributed by atoms with van der Waals surface area (Å²) in [4.78, 5) is 19.0. The first kappa shape index (κ1) is 22.1. The Morgan fingerprint density at radius 2 is 1.23 bits per heavy atom. The van der Waals surface area contributed by atoms with E-state index in [2.05, 4.69) is 6.92 Å². The molecule has 5 heteroatoms. The van der Waals surface area contributed by atoms with Gasteiger partial charge in [0.05, 0.1) is 27.7 Å². The molecule has 0 spiro atoms. The maximum absolute atomic E-state index is 11.6. The van der Waals surface area contributed by atoms with Gasteiger partial charge in [0.25, 0.3) is 0 Å². The van der Waals surface area contributed by atoms with E-state index in [1.165, 1.54) is 51.4 Å². The summed E-state index contributed by atoms with van der Waals surface area (Å²) in [6, 6.07) is 0. The number of hydrogen-bond donors (Lipinski definition) is 2. The van der Waals surface area contributed by atoms with E-state index < -0.39 is 13.3 Å². The van der Waals surface area contributed by atoms with E-state index in [1.807, 2.05) is 21.1 Å². The van der Waals surface area contributed by atoms with Crippen molar-refractivity contribution in [2.24, 2.45) is 0 Å². The second kappa shape index (κ2) is 11.6. The van der Waals surface area contributed by atoms with Gasteiger partial charge in [0.1, 0.15) is 5.66 Å². The second-order valence-electron chi connectivity index (χ2n) is 7.69. The summed E-state index contributed by atoms with van der Waals surface area (Å²) in [5, 5.41) is 0. The van der Waals surface area contributed by atoms with Crippen LogP contribution in [0.4, 0.5) is 0 Å². The number of nitrogens with zero attached hydrogens (tertiary/aromatic N) is 1. The molecule has 0 fully saturated rings. The molecule has 0 aliphatic carbocycles. The molecule has 1 atom stereocenters. The van der Waals surface area contributed by atoms with Gasteiger partial charge < -0.3 is 14.3 Å². The normalized spacial score (nSPS) is 14.3. The molecule has 0 saturated carbocycles. The lowest BCUT2D eigenvalue weighted by Crippen LogP contribution is -2.41. The average molecular weight is 336 g/mol. The van der Waals surface area contributed by atoms with E-state index in [9.17, 15) is 14.4 Å². The number of hydrogen-bond acceptors (Lipinski definition) is 1. The smallest absolute Gasteiger partial charge is 0.330 e. The Morgan fingerprint density at radius 1 is 0.818 bits per heavy atom. The zero-order chi connectivity index (χ0) is 17.1. The fraction of sp³-hybridized carbons (Fsp3) is 1.00. The van der Waals surface area contributed by atoms with Crippen LogP contribution in [0.25, 0.3) is 0 Å². The second-order valence-corrected chi connectivity index (χ2v) is 9.59. The van der Waals surface area contributed by atoms with Gasteiger partial charge in [-0.05, 0) is 6.42 Å². The maximum atomic E-state index is 11.6. The highest BCUT2D eigenvalue weighted by atomic mass is 31.2. The lowest BCUT2D eigenvalue weighted by molar-refractivity contribution is -0.870. The number of rotatable bonds is 14. The van der Waals surface area contributed by atoms with Gasteiger partial charge in [-0.2, -0.15) is 0 Å². The van der Waals surface area contributed by atoms with Crippen molar-refractivity contribution in [3.05, 3.63) is 0 Å². The van der Waals surface area contributed by atoms with Gasteiger partial charge in [-0.15, -0.1) is 0 Å². The molecule has 0 aliphatic heterocycles. The van der Waals surface area contributed by atoms with Gasteiger partial charge in [0.2, 0.25) is 0 Å². The average Bonchev–Trinajstić information content (AvgIpc) is 2.37. The highest BCUT2D eigenvalue weighted by Crippen LogP contribution is 2.44. The Balaban J connectivity index is 3.71. The summed E-state index contributed by atoms with van der Waals surface area (Å²) in [7, 11) is 2.00. The standard InChI is InChI=1S/C17H38NO3P/c1-5-6-7-8-9-10-11-12-13-14-15-17(22(19,20)21)16-18(2,3)4/h17H,5-16H2,1-4H3,(H-,19,20,21)/p+1. The quantitative estimate of drug-likeness (QED) is 0.278. The van der Waals surface area contributed by atoms with Crippen molar-refractivity contribution < 1.29 is 18.8 Å². The van der Waals surface area contributed by atoms with Gasteiger partial charge in [0, 0.05) is 0 Å². The minimum atomic E-state index is -3.97. The van der Waals surface area contributed by atoms with Crippen LogP contribution in [0.5, 0.6) is 0 Å². The molecule has 0 radical (unpaired) electrons. The molecule has 0 heterocycles. The van der Waals surface area contributed by atoms with Crippen molar-refractivity contribution in [1.82, 2.24) is 0 Å². The molecule has 0 aliphatic rings. The molecular formula is C17H39NO3P+. The van der Waals surface area contributed by atoms with Crippen LogP contribution >= 0.6 is 7.60 Å². The molecule has 22 heavy (non-hydrogen) atoms. The summed E-state index contributed by atoms with van der Waals surface area (Å²) in [6.07, 6.45) is 13.2. The predicted octanol–water partition coefficient (Wildman–Crippen LogP) is 4.55. The van der Waals surface area contributed by atoms with Gasteiger partial charge in [0.15, 0.2) is 0 Å². The van der Waals surface area contributed by atoms with Crippen LogP contribution in [0.15, 0.2) is 0 Å². The van der Waals surface area contributed by atoms with Crippen LogP contribution in [-0.4, -0.2) is 47.6 Å². The SMILES string of the molecule is CCCCCCCCCCCCC(C[N+](C)(C)C)P(=O)(O)O. The summed E-state index contributed by atoms with van der Waals surface area (Å²) in [6.45, 7) is 2.78. The molecule has 0 aromatic rings. The van der Waals surface area contributed by atoms with Crippen molar-refractivity contribution in [3.8, 4) is 0 Å². The zero-order valence-electron chi connectivity index (χ0n) is 15.3. The third kappa shape index (κ3) is 13.8. The molecule has 0 amide bonds. The van der Waals surface area contributed by atoms with Crippen molar-refractivity contribution in [2.45, 2.75) is 83.2 Å². The van der Waals surface area contributed by atoms with E-state index >= 15 is 0 Å². The largest absolute Gasteiger partial charge is 0.334 e. The minimum Gasteiger partial charge on any atom is -0.330 e. The Hall–Kier alpha value is 0.110. The third-order valence-corrected chi connectivity index (χ3v) is 5.50. The monoisotopic (exact) mass is 336 g/mol. The summed E-state index contributed by atoms with van der Waals surface area (Å²) < 4.78 is 12.2. The van der Waals surface area contributed by atoms with E-state index in [0.717, 1.165) is 12.8 Å². The molecule has 4 nitrogen and oxygen atoms in total. The van der Waals surface area contributed by atoms with Gasteiger partial charge >= 0.3 is 7.60 Å². The Kier molecular flexibility index (Phi) is 11.7. The molecule has 0 aromatic carbocycles. The number of quaternary nitrogens is 1. The molecule has 0 rings (SSSR count). The van der Waals surface area contributed by atoms with E-state index in [-0.39, 0.29) is 0 Å². The van der Waals surface area contributed by atoms with Crippen LogP contribution in [-0.2, 0) is 4.57 Å². The first-order chi connectivity index (χ1) is 10.2. The lowest BCUT2D eigenvalue weighted by atomic mass is 10.1. The van der Waals surface area contributed by atoms with Crippen molar-refractivity contribution >= 4 is 7.60 Å². The molecule has 0 saturated heterocycles. The lowest BCUT2D eigenvalue weighted by Gasteiger charge is -2.29. The van der Waals surface area contributed by atoms with Gasteiger partial charge in [-0.25, -0.2) is 0 Å². The molecule has 0 aromatic heterocycles. The predicted molar refractivity (Wildman–Crippen MR) is 95.2 cm³/mol. The number of unbranched alkanes of at least 4 members (excludes halogenated alkanes) is 9. The van der Waals surface area contributed by atoms with Crippen molar-refractivity contribution in [3.63, 3.8) is 0 Å². The van der Waals surface area contributed by atoms with Crippen molar-refractivity contribution in [2.75, 3.05) is 27.7 Å². The first-order valence-corrected chi connectivity index (χ1v) is 10.7. The van der Waals surface area contributed by atoms with Gasteiger partial charge in [-0.3, -0.25) is 4.57 Å². The molecule has 134 valence electrons. The van der Waals surface area contributed by atoms with E-state index in [1.54, 1.807) is 0 Å². The highest BCUT2D eigenvalue weighted by molar-refractivity contribution is 7.52. The maximum Gasteiger partial charge on any atom is 0.334 e. The fourth-order valence-corrected chi connectivity index (χ4v) is 4.09. The van der Waals surface area contributed by atoms with Gasteiger partial charge in [-0.1, -0.05) is 71.1 Å². The third-order valence-electron chi connectivity index (χ3n) is 4.13. The van der Waals surface area contributed by atoms with Crippen LogP contribution in [0, 0.1) is 0 Å². The Bertz CT molecular complexity index is 310. The van der Waals surface area contributed by atoms with Crippen LogP contribution < -0.4 is 0 Å². The van der Waals surface area contributed by atoms with Crippen molar-refractivity contribution in [1.29, 1.82) is 0 Å². The van der Waals surface area contributed by atoms with E-state index in [4.69, 9.17) is 0 Å². The highest BCUT2D eigenvalue weighted by Gasteiger charge is 2.32. The Labute approximate surface area is 138 Å². The summed E-state index contributed by atoms with van der Waals surface area (Å²) in [5.74, 6) is 0. The first-order valence-electron chi connectivity index (χ1n) is 9.02. The summed E-state index contributed by atoms with van der Waals surface area (Å²) in [5.41, 5.74) is -0.485. The van der Waals surface area contributed by atoms with Crippen LogP contribution in [0.1, 0.15) is 77.6 Å². The minimum absolute atomic E-state index is 0.485. The Morgan fingerprint density at radius 3 is 1.59 bits per heavy atom. The summed E-state index contributed by atoms with van der Waals surface area (Å²) >= 11 is 0. The topological polar surface area (TPSA) is 57.5 Å². The fourth-order valence-electron chi connectivity index (χ4n) is 2.87. The molecule has 1 unspecified atom stereocenters. The molecule has 0 bridgehead atoms. The zero-order valence-corrected chi connectivity index (χ0v) is 16.2. The van der Waals surface area contributed by atoms with E-state index in [0.29, 0.717) is 17.4 Å². The molecule has 2 N–H and O–H groups in total. The molecular weight excluding hydrogens is 297 g/mol.